The van der Waals surface area contributed by atoms with Gasteiger partial charge in [0.25, 0.3) is 17.7 Å². The molecule has 0 aromatic carbocycles. The highest BCUT2D eigenvalue weighted by Gasteiger charge is 2.45. The van der Waals surface area contributed by atoms with Gasteiger partial charge in [0.15, 0.2) is 17.3 Å². The van der Waals surface area contributed by atoms with Gasteiger partial charge in [0.2, 0.25) is 0 Å². The lowest BCUT2D eigenvalue weighted by Gasteiger charge is -2.38. The molecule has 4 aromatic heterocycles. The maximum absolute atomic E-state index is 13.6. The molecule has 1 fully saturated rings. The van der Waals surface area contributed by atoms with E-state index < -0.39 is 30.8 Å². The molecule has 4 aromatic rings. The van der Waals surface area contributed by atoms with Gasteiger partial charge in [-0.15, -0.1) is 5.10 Å². The number of amides is 2. The van der Waals surface area contributed by atoms with Crippen molar-refractivity contribution in [2.24, 2.45) is 0 Å². The number of fused-ring (bicyclic) bond motifs is 1. The molecule has 0 aliphatic carbocycles. The van der Waals surface area contributed by atoms with E-state index in [1.165, 1.54) is 26.4 Å². The van der Waals surface area contributed by atoms with Crippen LogP contribution in [0.4, 0.5) is 20.3 Å². The summed E-state index contributed by atoms with van der Waals surface area (Å²) in [5.41, 5.74) is 1.69. The van der Waals surface area contributed by atoms with E-state index >= 15 is 0 Å². The molecular weight excluding hydrogens is 506 g/mol. The van der Waals surface area contributed by atoms with Crippen LogP contribution in [0.15, 0.2) is 42.7 Å². The molecule has 2 amide bonds. The normalized spacial score (nSPS) is 14.6. The molecular formula is C24H23ClF2N8O2. The van der Waals surface area contributed by atoms with Gasteiger partial charge in [-0.2, -0.15) is 5.10 Å². The fourth-order valence-corrected chi connectivity index (χ4v) is 4.33. The number of anilines is 2. The van der Waals surface area contributed by atoms with Crippen molar-refractivity contribution in [3.63, 3.8) is 0 Å². The molecule has 0 atom stereocenters. The summed E-state index contributed by atoms with van der Waals surface area (Å²) in [7, 11) is 0. The number of nitrogens with one attached hydrogen (secondary N) is 2. The van der Waals surface area contributed by atoms with Gasteiger partial charge in [0, 0.05) is 18.3 Å². The van der Waals surface area contributed by atoms with Crippen LogP contribution in [0.5, 0.6) is 0 Å². The molecule has 5 heterocycles. The number of nitrogens with zero attached hydrogens (tertiary/aromatic N) is 6. The summed E-state index contributed by atoms with van der Waals surface area (Å²) >= 11 is 6.32. The van der Waals surface area contributed by atoms with E-state index in [1.807, 2.05) is 13.8 Å². The summed E-state index contributed by atoms with van der Waals surface area (Å²) < 4.78 is 29.7. The van der Waals surface area contributed by atoms with Crippen molar-refractivity contribution in [1.82, 2.24) is 29.7 Å². The number of aromatic nitrogens is 5. The third-order valence-electron chi connectivity index (χ3n) is 5.79. The zero-order valence-electron chi connectivity index (χ0n) is 20.2. The quantitative estimate of drug-likeness (QED) is 0.395. The zero-order valence-corrected chi connectivity index (χ0v) is 20.9. The van der Waals surface area contributed by atoms with Crippen LogP contribution in [0, 0.1) is 6.92 Å². The van der Waals surface area contributed by atoms with Crippen LogP contribution in [0.25, 0.3) is 11.3 Å². The number of aryl methyl sites for hydroxylation is 1. The van der Waals surface area contributed by atoms with Gasteiger partial charge < -0.3 is 15.5 Å². The monoisotopic (exact) mass is 528 g/mol. The maximum Gasteiger partial charge on any atom is 0.282 e. The second-order valence-electron chi connectivity index (χ2n) is 9.12. The molecule has 192 valence electrons. The van der Waals surface area contributed by atoms with Gasteiger partial charge in [0.1, 0.15) is 5.69 Å². The molecule has 5 rings (SSSR count). The predicted octanol–water partition coefficient (Wildman–Crippen LogP) is 3.72. The van der Waals surface area contributed by atoms with Gasteiger partial charge in [-0.1, -0.05) is 11.6 Å². The number of pyridine rings is 2. The Morgan fingerprint density at radius 2 is 1.89 bits per heavy atom. The molecule has 2 N–H and O–H groups in total. The second-order valence-corrected chi connectivity index (χ2v) is 9.53. The van der Waals surface area contributed by atoms with Crippen LogP contribution in [0.1, 0.15) is 40.4 Å². The van der Waals surface area contributed by atoms with Gasteiger partial charge in [-0.3, -0.25) is 9.59 Å². The molecule has 1 aliphatic rings. The molecule has 0 spiro atoms. The highest BCUT2D eigenvalue weighted by Crippen LogP contribution is 2.33. The number of alkyl halides is 2. The molecule has 1 saturated heterocycles. The molecule has 0 bridgehead atoms. The number of hydrogen-bond donors (Lipinski definition) is 2. The number of halogens is 3. The van der Waals surface area contributed by atoms with Crippen molar-refractivity contribution in [2.75, 3.05) is 23.3 Å². The number of carbonyl (C=O) groups excluding carboxylic acids is 2. The third-order valence-corrected chi connectivity index (χ3v) is 6.08. The highest BCUT2D eigenvalue weighted by molar-refractivity contribution is 6.32. The van der Waals surface area contributed by atoms with E-state index in [0.29, 0.717) is 11.1 Å². The number of carbonyl (C=O) groups is 2. The van der Waals surface area contributed by atoms with Crippen LogP contribution in [0.2, 0.25) is 5.02 Å². The maximum atomic E-state index is 13.6. The van der Waals surface area contributed by atoms with Crippen LogP contribution in [-0.2, 0) is 0 Å². The summed E-state index contributed by atoms with van der Waals surface area (Å²) in [6.07, 6.45) is 3.03. The van der Waals surface area contributed by atoms with E-state index in [2.05, 4.69) is 25.8 Å². The largest absolute Gasteiger partial charge is 0.348 e. The van der Waals surface area contributed by atoms with Crippen molar-refractivity contribution in [1.29, 1.82) is 0 Å². The Morgan fingerprint density at radius 3 is 2.57 bits per heavy atom. The fourth-order valence-electron chi connectivity index (χ4n) is 4.13. The molecule has 37 heavy (non-hydrogen) atoms. The van der Waals surface area contributed by atoms with Crippen LogP contribution < -0.4 is 15.5 Å². The first-order valence-corrected chi connectivity index (χ1v) is 11.8. The summed E-state index contributed by atoms with van der Waals surface area (Å²) in [6, 6.07) is 7.97. The SMILES string of the molecule is Cc1cc2ccnn2c(C(=O)NC(C)C)c1NC(=O)c1cc(N2CC(F)(F)C2)nn1-c1ncccc1Cl. The minimum atomic E-state index is -2.83. The number of hydrogen-bond acceptors (Lipinski definition) is 6. The van der Waals surface area contributed by atoms with Crippen LogP contribution in [0.3, 0.4) is 0 Å². The Kier molecular flexibility index (Phi) is 6.06. The lowest BCUT2D eigenvalue weighted by Crippen LogP contribution is -2.56. The summed E-state index contributed by atoms with van der Waals surface area (Å²) in [6.45, 7) is 4.37. The van der Waals surface area contributed by atoms with Crippen molar-refractivity contribution in [3.8, 4) is 5.82 Å². The third kappa shape index (κ3) is 4.59. The molecule has 0 saturated carbocycles. The molecule has 1 aliphatic heterocycles. The van der Waals surface area contributed by atoms with Gasteiger partial charge in [-0.25, -0.2) is 23.0 Å². The number of rotatable bonds is 6. The molecule has 0 unspecified atom stereocenters. The Hall–Kier alpha value is -4.06. The average Bonchev–Trinajstić information content (AvgIpc) is 3.44. The van der Waals surface area contributed by atoms with Crippen molar-refractivity contribution in [3.05, 3.63) is 64.7 Å². The molecule has 0 radical (unpaired) electrons. The van der Waals surface area contributed by atoms with E-state index in [1.54, 1.807) is 37.4 Å². The van der Waals surface area contributed by atoms with Crippen LogP contribution in [-0.4, -0.2) is 61.2 Å². The Labute approximate surface area is 215 Å². The Morgan fingerprint density at radius 1 is 1.14 bits per heavy atom. The highest BCUT2D eigenvalue weighted by atomic mass is 35.5. The topological polar surface area (TPSA) is 109 Å². The van der Waals surface area contributed by atoms with Crippen LogP contribution >= 0.6 is 11.6 Å². The van der Waals surface area contributed by atoms with E-state index in [9.17, 15) is 18.4 Å². The van der Waals surface area contributed by atoms with Gasteiger partial charge in [0.05, 0.1) is 35.5 Å². The lowest BCUT2D eigenvalue weighted by atomic mass is 10.1. The fraction of sp³-hybridized carbons (Fsp3) is 0.292. The summed E-state index contributed by atoms with van der Waals surface area (Å²) in [4.78, 5) is 32.4. The minimum Gasteiger partial charge on any atom is -0.348 e. The first kappa shape index (κ1) is 24.6. The standard InChI is InChI=1S/C24H23ClF2N8O2/c1-13(2)30-23(37)20-19(14(3)9-15-6-8-29-34(15)20)31-22(36)17-10-18(33-11-24(26,27)12-33)32-35(17)21-16(25)5-4-7-28-21/h4-10,13H,11-12H2,1-3H3,(H,30,37)(H,31,36). The zero-order chi connectivity index (χ0) is 26.5. The Bertz CT molecular complexity index is 1520. The van der Waals surface area contributed by atoms with Gasteiger partial charge >= 0.3 is 0 Å². The van der Waals surface area contributed by atoms with Gasteiger partial charge in [-0.05, 0) is 50.6 Å². The minimum absolute atomic E-state index is 0.000923. The van der Waals surface area contributed by atoms with Crippen molar-refractivity contribution < 1.29 is 18.4 Å². The Balaban J connectivity index is 1.58. The van der Waals surface area contributed by atoms with Crippen molar-refractivity contribution in [2.45, 2.75) is 32.7 Å². The average molecular weight is 529 g/mol. The first-order chi connectivity index (χ1) is 17.5. The summed E-state index contributed by atoms with van der Waals surface area (Å²) in [5.74, 6) is -3.56. The van der Waals surface area contributed by atoms with E-state index in [0.717, 1.165) is 0 Å². The second kappa shape index (κ2) is 9.11. The smallest absolute Gasteiger partial charge is 0.282 e. The molecule has 10 nitrogen and oxygen atoms in total. The molecule has 13 heteroatoms. The summed E-state index contributed by atoms with van der Waals surface area (Å²) in [5, 5.41) is 14.5. The predicted molar refractivity (Wildman–Crippen MR) is 134 cm³/mol. The first-order valence-electron chi connectivity index (χ1n) is 11.5. The van der Waals surface area contributed by atoms with Crippen molar-refractivity contribution >= 4 is 40.4 Å². The van der Waals surface area contributed by atoms with E-state index in [-0.39, 0.29) is 39.8 Å². The van der Waals surface area contributed by atoms with E-state index in [4.69, 9.17) is 11.6 Å². The lowest BCUT2D eigenvalue weighted by molar-refractivity contribution is -0.0267.